The molecule has 11 nitrogen and oxygen atoms in total. The highest BCUT2D eigenvalue weighted by Crippen LogP contribution is 2.30. The van der Waals surface area contributed by atoms with Crippen LogP contribution < -0.4 is 15.7 Å². The fraction of sp³-hybridized carbons (Fsp3) is 0.375. The van der Waals surface area contributed by atoms with Gasteiger partial charge in [-0.05, 0) is 18.1 Å². The number of hydrogen-bond acceptors (Lipinski definition) is 8. The number of rotatable bonds is 8. The molecule has 1 aliphatic rings. The summed E-state index contributed by atoms with van der Waals surface area (Å²) in [4.78, 5) is 23.5. The number of hydrogen-bond donors (Lipinski definition) is 4. The molecule has 1 amide bonds. The lowest BCUT2D eigenvalue weighted by Crippen LogP contribution is -2.53. The van der Waals surface area contributed by atoms with Gasteiger partial charge in [-0.25, -0.2) is 9.48 Å². The SMILES string of the molecule is NCCOCc1cn(CC(=O)NC2Cc3cccc(C(=O)O)c3OB2O)nn1. The Kier molecular flexibility index (Phi) is 6.24. The van der Waals surface area contributed by atoms with Crippen molar-refractivity contribution in [2.75, 3.05) is 13.2 Å². The molecule has 1 aromatic heterocycles. The summed E-state index contributed by atoms with van der Waals surface area (Å²) in [6.07, 6.45) is 1.82. The number of carbonyl (C=O) groups is 2. The van der Waals surface area contributed by atoms with Crippen LogP contribution in [0.1, 0.15) is 21.6 Å². The summed E-state index contributed by atoms with van der Waals surface area (Å²) in [7, 11) is -1.37. The van der Waals surface area contributed by atoms with E-state index in [4.69, 9.17) is 15.1 Å². The molecule has 2 heterocycles. The van der Waals surface area contributed by atoms with Crippen LogP contribution in [0.25, 0.3) is 0 Å². The van der Waals surface area contributed by atoms with E-state index in [1.807, 2.05) is 0 Å². The van der Waals surface area contributed by atoms with Crippen LogP contribution in [0, 0.1) is 0 Å². The highest BCUT2D eigenvalue weighted by atomic mass is 16.5. The van der Waals surface area contributed by atoms with Gasteiger partial charge in [0, 0.05) is 6.54 Å². The molecular weight excluding hydrogens is 369 g/mol. The average molecular weight is 389 g/mol. The number of nitrogens with two attached hydrogens (primary N) is 1. The number of carboxylic acids is 1. The van der Waals surface area contributed by atoms with Crippen LogP contribution in [-0.2, 0) is 29.1 Å². The lowest BCUT2D eigenvalue weighted by atomic mass is 9.72. The van der Waals surface area contributed by atoms with Crippen LogP contribution in [0.2, 0.25) is 0 Å². The standard InChI is InChI=1S/C16H20BN5O6/c18-4-5-27-9-11-7-22(21-20-11)8-14(23)19-13-6-10-2-1-3-12(16(24)25)15(10)28-17(13)26/h1-3,7,13,26H,4-6,8-9,18H2,(H,19,23)(H,24,25). The molecule has 1 aromatic carbocycles. The van der Waals surface area contributed by atoms with Crippen LogP contribution in [0.5, 0.6) is 5.75 Å². The molecule has 3 rings (SSSR count). The first kappa shape index (κ1) is 19.8. The Labute approximate surface area is 160 Å². The number of carboxylic acid groups (broad SMARTS) is 1. The van der Waals surface area contributed by atoms with E-state index in [2.05, 4.69) is 15.6 Å². The van der Waals surface area contributed by atoms with Crippen molar-refractivity contribution in [3.05, 3.63) is 41.2 Å². The van der Waals surface area contributed by atoms with Crippen LogP contribution in [-0.4, -0.2) is 63.2 Å². The number of para-hydroxylation sites is 1. The number of nitrogens with zero attached hydrogens (tertiary/aromatic N) is 3. The van der Waals surface area contributed by atoms with Crippen molar-refractivity contribution in [2.45, 2.75) is 25.5 Å². The van der Waals surface area contributed by atoms with E-state index >= 15 is 0 Å². The van der Waals surface area contributed by atoms with Gasteiger partial charge in [0.1, 0.15) is 18.0 Å². The molecule has 2 aromatic rings. The fourth-order valence-electron chi connectivity index (χ4n) is 2.86. The second-order valence-electron chi connectivity index (χ2n) is 6.23. The zero-order valence-electron chi connectivity index (χ0n) is 14.9. The van der Waals surface area contributed by atoms with Gasteiger partial charge in [0.05, 0.1) is 30.9 Å². The largest absolute Gasteiger partial charge is 0.547 e. The molecule has 0 saturated carbocycles. The molecule has 5 N–H and O–H groups in total. The molecule has 0 saturated heterocycles. The van der Waals surface area contributed by atoms with Gasteiger partial charge < -0.3 is 30.6 Å². The molecule has 1 unspecified atom stereocenters. The number of nitrogens with one attached hydrogen (secondary N) is 1. The van der Waals surface area contributed by atoms with Crippen molar-refractivity contribution in [2.24, 2.45) is 5.73 Å². The quantitative estimate of drug-likeness (QED) is 0.314. The minimum atomic E-state index is -1.37. The molecule has 0 spiro atoms. The van der Waals surface area contributed by atoms with Gasteiger partial charge in [0.25, 0.3) is 0 Å². The van der Waals surface area contributed by atoms with Gasteiger partial charge >= 0.3 is 13.1 Å². The third-order valence-electron chi connectivity index (χ3n) is 4.10. The fourth-order valence-corrected chi connectivity index (χ4v) is 2.86. The van der Waals surface area contributed by atoms with Crippen LogP contribution >= 0.6 is 0 Å². The van der Waals surface area contributed by atoms with Gasteiger partial charge in [0.2, 0.25) is 5.91 Å². The lowest BCUT2D eigenvalue weighted by molar-refractivity contribution is -0.122. The number of fused-ring (bicyclic) bond motifs is 1. The van der Waals surface area contributed by atoms with E-state index in [0.717, 1.165) is 0 Å². The third-order valence-corrected chi connectivity index (χ3v) is 4.10. The van der Waals surface area contributed by atoms with Gasteiger partial charge in [-0.1, -0.05) is 17.3 Å². The number of aromatic carboxylic acids is 1. The van der Waals surface area contributed by atoms with Crippen molar-refractivity contribution in [1.29, 1.82) is 0 Å². The molecule has 0 radical (unpaired) electrons. The number of aromatic nitrogens is 3. The maximum Gasteiger partial charge on any atom is 0.547 e. The normalized spacial score (nSPS) is 15.6. The zero-order valence-corrected chi connectivity index (χ0v) is 14.9. The van der Waals surface area contributed by atoms with E-state index in [1.165, 1.54) is 10.7 Å². The monoisotopic (exact) mass is 389 g/mol. The Hall–Kier alpha value is -2.96. The second kappa shape index (κ2) is 8.82. The van der Waals surface area contributed by atoms with Gasteiger partial charge in [-0.3, -0.25) is 4.79 Å². The number of ether oxygens (including phenoxy) is 1. The molecule has 0 bridgehead atoms. The predicted octanol–water partition coefficient (Wildman–Crippen LogP) is -1.41. The van der Waals surface area contributed by atoms with E-state index < -0.39 is 24.9 Å². The molecule has 0 fully saturated rings. The maximum absolute atomic E-state index is 12.3. The van der Waals surface area contributed by atoms with Crippen molar-refractivity contribution >= 4 is 19.0 Å². The molecular formula is C16H20BN5O6. The molecule has 1 atom stereocenters. The average Bonchev–Trinajstić information content (AvgIpc) is 3.09. The summed E-state index contributed by atoms with van der Waals surface area (Å²) in [5, 5.41) is 29.8. The number of benzene rings is 1. The van der Waals surface area contributed by atoms with Crippen LogP contribution in [0.15, 0.2) is 24.4 Å². The number of amides is 1. The first-order chi connectivity index (χ1) is 13.5. The second-order valence-corrected chi connectivity index (χ2v) is 6.23. The van der Waals surface area contributed by atoms with Gasteiger partial charge in [0.15, 0.2) is 0 Å². The van der Waals surface area contributed by atoms with Crippen LogP contribution in [0.4, 0.5) is 0 Å². The smallest absolute Gasteiger partial charge is 0.534 e. The van der Waals surface area contributed by atoms with E-state index in [-0.39, 0.29) is 30.9 Å². The Bertz CT molecular complexity index is 860. The minimum Gasteiger partial charge on any atom is -0.534 e. The molecule has 12 heteroatoms. The third kappa shape index (κ3) is 4.66. The zero-order chi connectivity index (χ0) is 20.1. The first-order valence-corrected chi connectivity index (χ1v) is 8.64. The van der Waals surface area contributed by atoms with Crippen molar-refractivity contribution in [3.8, 4) is 5.75 Å². The van der Waals surface area contributed by atoms with Gasteiger partial charge in [-0.2, -0.15) is 0 Å². The topological polar surface area (TPSA) is 162 Å². The van der Waals surface area contributed by atoms with E-state index in [1.54, 1.807) is 18.3 Å². The summed E-state index contributed by atoms with van der Waals surface area (Å²) in [6, 6.07) is 4.68. The molecule has 0 aliphatic carbocycles. The van der Waals surface area contributed by atoms with Crippen molar-refractivity contribution < 1.29 is 29.1 Å². The van der Waals surface area contributed by atoms with Crippen molar-refractivity contribution in [1.82, 2.24) is 20.3 Å². The molecule has 1 aliphatic heterocycles. The Morgan fingerprint density at radius 2 is 2.29 bits per heavy atom. The Balaban J connectivity index is 1.59. The number of carbonyl (C=O) groups excluding carboxylic acids is 1. The summed E-state index contributed by atoms with van der Waals surface area (Å²) >= 11 is 0. The summed E-state index contributed by atoms with van der Waals surface area (Å²) in [5.74, 6) is -2.15. The molecule has 28 heavy (non-hydrogen) atoms. The maximum atomic E-state index is 12.3. The van der Waals surface area contributed by atoms with E-state index in [0.29, 0.717) is 24.4 Å². The minimum absolute atomic E-state index is 0.0340. The van der Waals surface area contributed by atoms with E-state index in [9.17, 15) is 19.7 Å². The first-order valence-electron chi connectivity index (χ1n) is 8.64. The summed E-state index contributed by atoms with van der Waals surface area (Å²) in [5.41, 5.74) is 6.46. The predicted molar refractivity (Wildman–Crippen MR) is 96.4 cm³/mol. The van der Waals surface area contributed by atoms with Crippen LogP contribution in [0.3, 0.4) is 0 Å². The summed E-state index contributed by atoms with van der Waals surface area (Å²) < 4.78 is 11.9. The van der Waals surface area contributed by atoms with Crippen molar-refractivity contribution in [3.63, 3.8) is 0 Å². The molecule has 148 valence electrons. The Morgan fingerprint density at radius 3 is 3.04 bits per heavy atom. The summed E-state index contributed by atoms with van der Waals surface area (Å²) in [6.45, 7) is 0.948. The highest BCUT2D eigenvalue weighted by Gasteiger charge is 2.37. The van der Waals surface area contributed by atoms with Gasteiger partial charge in [-0.15, -0.1) is 5.10 Å². The Morgan fingerprint density at radius 1 is 1.46 bits per heavy atom. The highest BCUT2D eigenvalue weighted by molar-refractivity contribution is 6.47. The lowest BCUT2D eigenvalue weighted by Gasteiger charge is -2.28.